The van der Waals surface area contributed by atoms with Crippen molar-refractivity contribution >= 4 is 43.1 Å². The first-order valence-electron chi connectivity index (χ1n) is 10.4. The Kier molecular flexibility index (Phi) is 8.09. The summed E-state index contributed by atoms with van der Waals surface area (Å²) >= 11 is 6.23. The molecule has 0 heterocycles. The molecule has 186 valence electrons. The topological polar surface area (TPSA) is 110 Å². The van der Waals surface area contributed by atoms with Crippen molar-refractivity contribution < 1.29 is 26.4 Å². The minimum atomic E-state index is -4.10. The molecule has 11 heteroatoms. The van der Waals surface area contributed by atoms with Gasteiger partial charge < -0.3 is 10.1 Å². The first-order valence-corrected chi connectivity index (χ1v) is 14.1. The largest absolute Gasteiger partial charge is 0.495 e. The molecule has 0 saturated carbocycles. The lowest BCUT2D eigenvalue weighted by Gasteiger charge is -2.25. The van der Waals surface area contributed by atoms with Crippen molar-refractivity contribution in [1.82, 2.24) is 5.32 Å². The van der Waals surface area contributed by atoms with Gasteiger partial charge in [0.2, 0.25) is 5.91 Å². The smallest absolute Gasteiger partial charge is 0.264 e. The summed E-state index contributed by atoms with van der Waals surface area (Å²) in [6.07, 6.45) is 1.11. The number of nitrogens with zero attached hydrogens (tertiary/aromatic N) is 1. The lowest BCUT2D eigenvalue weighted by Crippen LogP contribution is -2.41. The average molecular weight is 537 g/mol. The third-order valence-corrected chi connectivity index (χ3v) is 8.44. The molecule has 0 saturated heterocycles. The SMILES string of the molecule is COc1ccc(N(CC(=O)N[C@@H](C)c2ccc(S(C)(=O)=O)cc2)S(=O)(=O)c2ccccc2)cc1Cl. The Morgan fingerprint density at radius 3 is 2.14 bits per heavy atom. The zero-order valence-corrected chi connectivity index (χ0v) is 21.7. The third-order valence-electron chi connectivity index (χ3n) is 5.23. The van der Waals surface area contributed by atoms with E-state index in [-0.39, 0.29) is 20.5 Å². The van der Waals surface area contributed by atoms with E-state index in [2.05, 4.69) is 5.32 Å². The molecule has 1 atom stereocenters. The first-order chi connectivity index (χ1) is 16.4. The quantitative estimate of drug-likeness (QED) is 0.445. The van der Waals surface area contributed by atoms with Gasteiger partial charge in [-0.2, -0.15) is 0 Å². The van der Waals surface area contributed by atoms with E-state index in [1.807, 2.05) is 0 Å². The van der Waals surface area contributed by atoms with Crippen LogP contribution in [-0.4, -0.2) is 42.7 Å². The Labute approximate surface area is 210 Å². The number of sulfonamides is 1. The number of sulfone groups is 1. The van der Waals surface area contributed by atoms with Gasteiger partial charge in [-0.05, 0) is 55.0 Å². The summed E-state index contributed by atoms with van der Waals surface area (Å²) in [7, 11) is -6.01. The molecular formula is C24H25ClN2O6S2. The molecule has 0 fully saturated rings. The van der Waals surface area contributed by atoms with Crippen LogP contribution in [0.3, 0.4) is 0 Å². The van der Waals surface area contributed by atoms with Crippen LogP contribution in [0.15, 0.2) is 82.6 Å². The minimum absolute atomic E-state index is 0.0177. The van der Waals surface area contributed by atoms with Crippen LogP contribution in [0.5, 0.6) is 5.75 Å². The highest BCUT2D eigenvalue weighted by atomic mass is 35.5. The molecule has 0 radical (unpaired) electrons. The van der Waals surface area contributed by atoms with Gasteiger partial charge in [0.05, 0.1) is 33.7 Å². The highest BCUT2D eigenvalue weighted by Gasteiger charge is 2.28. The molecule has 8 nitrogen and oxygen atoms in total. The Hall–Kier alpha value is -3.08. The molecule has 3 rings (SSSR count). The second-order valence-electron chi connectivity index (χ2n) is 7.77. The Balaban J connectivity index is 1.88. The Morgan fingerprint density at radius 2 is 1.60 bits per heavy atom. The fraction of sp³-hybridized carbons (Fsp3) is 0.208. The van der Waals surface area contributed by atoms with Gasteiger partial charge in [-0.25, -0.2) is 16.8 Å². The van der Waals surface area contributed by atoms with Crippen LogP contribution in [0.4, 0.5) is 5.69 Å². The number of carbonyl (C=O) groups excluding carboxylic acids is 1. The molecule has 0 aliphatic carbocycles. The minimum Gasteiger partial charge on any atom is -0.495 e. The van der Waals surface area contributed by atoms with E-state index in [0.717, 1.165) is 10.6 Å². The molecule has 0 aromatic heterocycles. The van der Waals surface area contributed by atoms with Crippen molar-refractivity contribution in [1.29, 1.82) is 0 Å². The van der Waals surface area contributed by atoms with Gasteiger partial charge >= 0.3 is 0 Å². The number of rotatable bonds is 9. The predicted octanol–water partition coefficient (Wildman–Crippen LogP) is 3.82. The van der Waals surface area contributed by atoms with Gasteiger partial charge in [0.25, 0.3) is 10.0 Å². The fourth-order valence-corrected chi connectivity index (χ4v) is 5.67. The maximum atomic E-state index is 13.4. The van der Waals surface area contributed by atoms with Crippen molar-refractivity contribution in [3.63, 3.8) is 0 Å². The van der Waals surface area contributed by atoms with Crippen molar-refractivity contribution in [2.75, 3.05) is 24.2 Å². The summed E-state index contributed by atoms with van der Waals surface area (Å²) in [5.41, 5.74) is 0.857. The lowest BCUT2D eigenvalue weighted by atomic mass is 10.1. The third kappa shape index (κ3) is 6.33. The standard InChI is InChI=1S/C24H25ClN2O6S2/c1-17(18-9-12-20(13-10-18)34(3,29)30)26-24(28)16-27(19-11-14-23(33-2)22(25)15-19)35(31,32)21-7-5-4-6-8-21/h4-15,17H,16H2,1-3H3,(H,26,28)/t17-/m0/s1. The Bertz CT molecular complexity index is 1410. The summed E-state index contributed by atoms with van der Waals surface area (Å²) < 4.78 is 56.3. The number of benzene rings is 3. The first kappa shape index (κ1) is 26.5. The molecular weight excluding hydrogens is 512 g/mol. The number of carbonyl (C=O) groups is 1. The molecule has 35 heavy (non-hydrogen) atoms. The number of anilines is 1. The van der Waals surface area contributed by atoms with E-state index < -0.39 is 38.4 Å². The molecule has 0 aliphatic heterocycles. The number of methoxy groups -OCH3 is 1. The van der Waals surface area contributed by atoms with Gasteiger partial charge in [0.1, 0.15) is 12.3 Å². The number of amides is 1. The van der Waals surface area contributed by atoms with Crippen LogP contribution in [-0.2, 0) is 24.7 Å². The lowest BCUT2D eigenvalue weighted by molar-refractivity contribution is -0.120. The van der Waals surface area contributed by atoms with E-state index >= 15 is 0 Å². The van der Waals surface area contributed by atoms with Gasteiger partial charge in [-0.3, -0.25) is 9.10 Å². The van der Waals surface area contributed by atoms with Crippen molar-refractivity contribution in [3.05, 3.63) is 83.4 Å². The van der Waals surface area contributed by atoms with Gasteiger partial charge in [-0.15, -0.1) is 0 Å². The highest BCUT2D eigenvalue weighted by molar-refractivity contribution is 7.93. The summed E-state index contributed by atoms with van der Waals surface area (Å²) in [6.45, 7) is 1.21. The number of nitrogens with one attached hydrogen (secondary N) is 1. The van der Waals surface area contributed by atoms with Crippen LogP contribution in [0.1, 0.15) is 18.5 Å². The predicted molar refractivity (Wildman–Crippen MR) is 135 cm³/mol. The van der Waals surface area contributed by atoms with Crippen molar-refractivity contribution in [2.24, 2.45) is 0 Å². The van der Waals surface area contributed by atoms with Gasteiger partial charge in [0.15, 0.2) is 9.84 Å². The summed E-state index contributed by atoms with van der Waals surface area (Å²) in [5, 5.41) is 2.96. The zero-order valence-electron chi connectivity index (χ0n) is 19.3. The average Bonchev–Trinajstić information content (AvgIpc) is 2.82. The molecule has 1 amide bonds. The summed E-state index contributed by atoms with van der Waals surface area (Å²) in [6, 6.07) is 17.8. The maximum absolute atomic E-state index is 13.4. The number of hydrogen-bond acceptors (Lipinski definition) is 6. The van der Waals surface area contributed by atoms with Crippen molar-refractivity contribution in [2.45, 2.75) is 22.8 Å². The molecule has 0 unspecified atom stereocenters. The second kappa shape index (κ2) is 10.7. The molecule has 0 spiro atoms. The van der Waals surface area contributed by atoms with Crippen LogP contribution in [0.25, 0.3) is 0 Å². The number of halogens is 1. The summed E-state index contributed by atoms with van der Waals surface area (Å²) in [5.74, 6) is -0.195. The number of hydrogen-bond donors (Lipinski definition) is 1. The van der Waals surface area contributed by atoms with E-state index in [1.54, 1.807) is 37.3 Å². The van der Waals surface area contributed by atoms with Crippen LogP contribution >= 0.6 is 11.6 Å². The molecule has 1 N–H and O–H groups in total. The second-order valence-corrected chi connectivity index (χ2v) is 12.1. The normalized spacial score (nSPS) is 12.6. The van der Waals surface area contributed by atoms with E-state index in [9.17, 15) is 21.6 Å². The van der Waals surface area contributed by atoms with Crippen LogP contribution in [0, 0.1) is 0 Å². The highest BCUT2D eigenvalue weighted by Crippen LogP contribution is 2.32. The monoisotopic (exact) mass is 536 g/mol. The van der Waals surface area contributed by atoms with Crippen LogP contribution in [0.2, 0.25) is 5.02 Å². The number of ether oxygens (including phenoxy) is 1. The van der Waals surface area contributed by atoms with E-state index in [4.69, 9.17) is 16.3 Å². The molecule has 0 bridgehead atoms. The zero-order chi connectivity index (χ0) is 25.8. The van der Waals surface area contributed by atoms with Gasteiger partial charge in [-0.1, -0.05) is 41.9 Å². The fourth-order valence-electron chi connectivity index (χ4n) is 3.35. The molecule has 3 aromatic carbocycles. The van der Waals surface area contributed by atoms with Gasteiger partial charge in [0, 0.05) is 6.26 Å². The van der Waals surface area contributed by atoms with Crippen LogP contribution < -0.4 is 14.4 Å². The van der Waals surface area contributed by atoms with E-state index in [0.29, 0.717) is 11.3 Å². The van der Waals surface area contributed by atoms with Crippen molar-refractivity contribution in [3.8, 4) is 5.75 Å². The molecule has 3 aromatic rings. The Morgan fingerprint density at radius 1 is 0.971 bits per heavy atom. The van der Waals surface area contributed by atoms with E-state index in [1.165, 1.54) is 49.6 Å². The summed E-state index contributed by atoms with van der Waals surface area (Å²) in [4.78, 5) is 13.1. The molecule has 0 aliphatic rings. The maximum Gasteiger partial charge on any atom is 0.264 e.